The largest absolute Gasteiger partial charge is 0.500 e. The van der Waals surface area contributed by atoms with Crippen LogP contribution in [0.2, 0.25) is 0 Å². The van der Waals surface area contributed by atoms with Crippen LogP contribution in [0, 0.1) is 17.0 Å². The van der Waals surface area contributed by atoms with Crippen LogP contribution in [0.1, 0.15) is 21.5 Å². The molecule has 0 aliphatic rings. The van der Waals surface area contributed by atoms with Crippen LogP contribution in [0.3, 0.4) is 0 Å². The van der Waals surface area contributed by atoms with E-state index in [4.69, 9.17) is 4.74 Å². The number of rotatable bonds is 4. The van der Waals surface area contributed by atoms with E-state index in [9.17, 15) is 20.0 Å². The third kappa shape index (κ3) is 2.69. The lowest BCUT2D eigenvalue weighted by molar-refractivity contribution is -0.386. The third-order valence-corrected chi connectivity index (χ3v) is 3.12. The van der Waals surface area contributed by atoms with Crippen molar-refractivity contribution in [1.82, 2.24) is 0 Å². The summed E-state index contributed by atoms with van der Waals surface area (Å²) in [5.41, 5.74) is 0.730. The fourth-order valence-corrected chi connectivity index (χ4v) is 2.00. The predicted octanol–water partition coefficient (Wildman–Crippen LogP) is 2.85. The number of benzene rings is 2. The number of phenolic OH excluding ortho intramolecular Hbond substituents is 1. The number of ether oxygens (including phenoxy) is 1. The van der Waals surface area contributed by atoms with Crippen molar-refractivity contribution < 1.29 is 19.6 Å². The Morgan fingerprint density at radius 2 is 1.95 bits per heavy atom. The van der Waals surface area contributed by atoms with Crippen LogP contribution >= 0.6 is 0 Å². The Morgan fingerprint density at radius 1 is 1.29 bits per heavy atom. The summed E-state index contributed by atoms with van der Waals surface area (Å²) in [5, 5.41) is 20.7. The van der Waals surface area contributed by atoms with Gasteiger partial charge in [0.25, 0.3) is 0 Å². The highest BCUT2D eigenvalue weighted by Crippen LogP contribution is 2.37. The van der Waals surface area contributed by atoms with Crippen LogP contribution in [0.25, 0.3) is 0 Å². The first-order valence-electron chi connectivity index (χ1n) is 6.11. The van der Waals surface area contributed by atoms with Crippen LogP contribution < -0.4 is 4.74 Å². The summed E-state index contributed by atoms with van der Waals surface area (Å²) in [5.74, 6) is -1.07. The fraction of sp³-hybridized carbons (Fsp3) is 0.133. The Balaban J connectivity index is 2.59. The number of aryl methyl sites for hydroxylation is 1. The monoisotopic (exact) mass is 287 g/mol. The number of phenols is 1. The molecule has 2 aromatic carbocycles. The van der Waals surface area contributed by atoms with Crippen LogP contribution in [0.4, 0.5) is 5.69 Å². The van der Waals surface area contributed by atoms with Gasteiger partial charge in [-0.15, -0.1) is 0 Å². The van der Waals surface area contributed by atoms with Crippen LogP contribution in [-0.4, -0.2) is 22.9 Å². The average molecular weight is 287 g/mol. The lowest BCUT2D eigenvalue weighted by Crippen LogP contribution is -2.05. The number of nitrogens with zero attached hydrogens (tertiary/aromatic N) is 1. The molecule has 0 amide bonds. The van der Waals surface area contributed by atoms with Crippen molar-refractivity contribution in [2.75, 3.05) is 7.11 Å². The second-order valence-electron chi connectivity index (χ2n) is 4.45. The van der Waals surface area contributed by atoms with Gasteiger partial charge in [0.1, 0.15) is 0 Å². The molecule has 0 unspecified atom stereocenters. The molecule has 6 nitrogen and oxygen atoms in total. The van der Waals surface area contributed by atoms with Gasteiger partial charge in [-0.05, 0) is 18.6 Å². The van der Waals surface area contributed by atoms with Gasteiger partial charge in [0, 0.05) is 17.2 Å². The van der Waals surface area contributed by atoms with E-state index in [2.05, 4.69) is 0 Å². The first-order chi connectivity index (χ1) is 9.95. The van der Waals surface area contributed by atoms with Gasteiger partial charge in [-0.25, -0.2) is 0 Å². The van der Waals surface area contributed by atoms with Crippen molar-refractivity contribution in [3.05, 3.63) is 63.2 Å². The first-order valence-corrected chi connectivity index (χ1v) is 6.11. The molecule has 0 saturated carbocycles. The quantitative estimate of drug-likeness (QED) is 0.530. The smallest absolute Gasteiger partial charge is 0.315 e. The molecule has 0 spiro atoms. The number of carbonyl (C=O) groups excluding carboxylic acids is 1. The van der Waals surface area contributed by atoms with E-state index < -0.39 is 16.4 Å². The molecule has 0 aromatic heterocycles. The predicted molar refractivity (Wildman–Crippen MR) is 75.9 cm³/mol. The zero-order valence-electron chi connectivity index (χ0n) is 11.5. The Labute approximate surface area is 120 Å². The van der Waals surface area contributed by atoms with Gasteiger partial charge < -0.3 is 9.84 Å². The van der Waals surface area contributed by atoms with Gasteiger partial charge in [-0.3, -0.25) is 14.9 Å². The number of methoxy groups -OCH3 is 1. The minimum atomic E-state index is -0.757. The molecule has 0 fully saturated rings. The van der Waals surface area contributed by atoms with E-state index in [-0.39, 0.29) is 17.1 Å². The summed E-state index contributed by atoms with van der Waals surface area (Å²) in [6.07, 6.45) is 0. The fourth-order valence-electron chi connectivity index (χ4n) is 2.00. The summed E-state index contributed by atoms with van der Waals surface area (Å²) >= 11 is 0. The summed E-state index contributed by atoms with van der Waals surface area (Å²) < 4.78 is 4.89. The summed E-state index contributed by atoms with van der Waals surface area (Å²) in [7, 11) is 1.26. The highest BCUT2D eigenvalue weighted by Gasteiger charge is 2.23. The van der Waals surface area contributed by atoms with Crippen molar-refractivity contribution in [3.63, 3.8) is 0 Å². The first kappa shape index (κ1) is 14.5. The number of hydrogen-bond donors (Lipinski definition) is 1. The van der Waals surface area contributed by atoms with Crippen molar-refractivity contribution in [3.8, 4) is 11.5 Å². The zero-order valence-corrected chi connectivity index (χ0v) is 11.5. The van der Waals surface area contributed by atoms with Crippen molar-refractivity contribution in [1.29, 1.82) is 0 Å². The van der Waals surface area contributed by atoms with Gasteiger partial charge in [-0.1, -0.05) is 24.3 Å². The molecule has 0 aliphatic carbocycles. The zero-order chi connectivity index (χ0) is 15.6. The number of aromatic hydroxyl groups is 1. The molecule has 0 atom stereocenters. The summed E-state index contributed by atoms with van der Waals surface area (Å²) in [6.45, 7) is 1.78. The standard InChI is InChI=1S/C15H13NO5/c1-9-5-3-4-6-11(9)14(17)10-7-12(16(19)20)15(18)13(8-10)21-2/h3-8,18H,1-2H3. The average Bonchev–Trinajstić information content (AvgIpc) is 2.47. The highest BCUT2D eigenvalue weighted by atomic mass is 16.6. The van der Waals surface area contributed by atoms with Gasteiger partial charge >= 0.3 is 5.69 Å². The number of ketones is 1. The third-order valence-electron chi connectivity index (χ3n) is 3.12. The molecule has 108 valence electrons. The molecule has 2 aromatic rings. The number of hydrogen-bond acceptors (Lipinski definition) is 5. The molecule has 2 rings (SSSR count). The SMILES string of the molecule is COc1cc(C(=O)c2ccccc2C)cc([N+](=O)[O-])c1O. The Bertz CT molecular complexity index is 724. The molecule has 6 heteroatoms. The normalized spacial score (nSPS) is 10.2. The summed E-state index contributed by atoms with van der Waals surface area (Å²) in [4.78, 5) is 22.7. The summed E-state index contributed by atoms with van der Waals surface area (Å²) in [6, 6.07) is 9.27. The van der Waals surface area contributed by atoms with E-state index in [0.29, 0.717) is 5.56 Å². The van der Waals surface area contributed by atoms with E-state index in [0.717, 1.165) is 11.6 Å². The second-order valence-corrected chi connectivity index (χ2v) is 4.45. The van der Waals surface area contributed by atoms with Crippen LogP contribution in [0.15, 0.2) is 36.4 Å². The maximum absolute atomic E-state index is 12.5. The lowest BCUT2D eigenvalue weighted by atomic mass is 9.98. The van der Waals surface area contributed by atoms with Gasteiger partial charge in [0.05, 0.1) is 12.0 Å². The van der Waals surface area contributed by atoms with E-state index >= 15 is 0 Å². The van der Waals surface area contributed by atoms with Crippen molar-refractivity contribution >= 4 is 11.5 Å². The Kier molecular flexibility index (Phi) is 3.89. The van der Waals surface area contributed by atoms with Gasteiger partial charge in [0.15, 0.2) is 11.5 Å². The van der Waals surface area contributed by atoms with Crippen molar-refractivity contribution in [2.45, 2.75) is 6.92 Å². The van der Waals surface area contributed by atoms with Crippen LogP contribution in [-0.2, 0) is 0 Å². The molecule has 0 heterocycles. The molecule has 0 saturated heterocycles. The molecule has 0 radical (unpaired) electrons. The maximum atomic E-state index is 12.5. The molecule has 0 bridgehead atoms. The number of nitro groups is 1. The molecule has 21 heavy (non-hydrogen) atoms. The molecule has 0 aliphatic heterocycles. The van der Waals surface area contributed by atoms with E-state index in [1.54, 1.807) is 31.2 Å². The van der Waals surface area contributed by atoms with E-state index in [1.165, 1.54) is 13.2 Å². The topological polar surface area (TPSA) is 89.7 Å². The van der Waals surface area contributed by atoms with Gasteiger partial charge in [0.2, 0.25) is 5.75 Å². The van der Waals surface area contributed by atoms with Crippen LogP contribution in [0.5, 0.6) is 11.5 Å². The lowest BCUT2D eigenvalue weighted by Gasteiger charge is -2.08. The Hall–Kier alpha value is -2.89. The highest BCUT2D eigenvalue weighted by molar-refractivity contribution is 6.10. The van der Waals surface area contributed by atoms with Crippen molar-refractivity contribution in [2.24, 2.45) is 0 Å². The molecular formula is C15H13NO5. The van der Waals surface area contributed by atoms with Gasteiger partial charge in [-0.2, -0.15) is 0 Å². The number of carbonyl (C=O) groups is 1. The minimum Gasteiger partial charge on any atom is -0.500 e. The molecule has 1 N–H and O–H groups in total. The second kappa shape index (κ2) is 5.62. The maximum Gasteiger partial charge on any atom is 0.315 e. The molecular weight excluding hydrogens is 274 g/mol. The minimum absolute atomic E-state index is 0.0886. The Morgan fingerprint density at radius 3 is 2.52 bits per heavy atom. The van der Waals surface area contributed by atoms with E-state index in [1.807, 2.05) is 0 Å². The number of nitro benzene ring substituents is 1.